The summed E-state index contributed by atoms with van der Waals surface area (Å²) in [7, 11) is -3.58. The molecule has 4 nitrogen and oxygen atoms in total. The van der Waals surface area contributed by atoms with Crippen LogP contribution in [0.2, 0.25) is 0 Å². The van der Waals surface area contributed by atoms with Crippen molar-refractivity contribution in [1.29, 1.82) is 0 Å². The van der Waals surface area contributed by atoms with E-state index in [0.29, 0.717) is 5.56 Å². The second-order valence-electron chi connectivity index (χ2n) is 5.11. The minimum atomic E-state index is -3.58. The van der Waals surface area contributed by atoms with Gasteiger partial charge in [0.25, 0.3) is 0 Å². The van der Waals surface area contributed by atoms with Gasteiger partial charge in [-0.05, 0) is 31.9 Å². The van der Waals surface area contributed by atoms with Crippen molar-refractivity contribution in [2.45, 2.75) is 48.4 Å². The molecule has 0 spiro atoms. The summed E-state index contributed by atoms with van der Waals surface area (Å²) >= 11 is 3.54. The fraction of sp³-hybridized carbons (Fsp3) is 0.500. The molecule has 0 bridgehead atoms. The zero-order chi connectivity index (χ0) is 14.8. The first-order valence-electron chi connectivity index (χ1n) is 6.67. The fourth-order valence-corrected chi connectivity index (χ4v) is 4.62. The number of carbonyl (C=O) groups excluding carboxylic acids is 1. The Bertz CT molecular complexity index is 600. The minimum absolute atomic E-state index is 0.0882. The van der Waals surface area contributed by atoms with Crippen molar-refractivity contribution in [3.63, 3.8) is 0 Å². The lowest BCUT2D eigenvalue weighted by Gasteiger charge is -2.27. The van der Waals surface area contributed by atoms with Crippen molar-refractivity contribution in [1.82, 2.24) is 4.72 Å². The number of benzene rings is 1. The maximum Gasteiger partial charge on any atom is 0.240 e. The number of sulfonamides is 1. The monoisotopic (exact) mass is 359 g/mol. The molecule has 0 aromatic heterocycles. The number of Topliss-reactive ketones (excluding diaryl/α,β-unsaturated/α-hetero) is 1. The van der Waals surface area contributed by atoms with Gasteiger partial charge in [-0.3, -0.25) is 4.79 Å². The molecule has 0 aliphatic heterocycles. The van der Waals surface area contributed by atoms with Crippen molar-refractivity contribution in [2.24, 2.45) is 0 Å². The Balaban J connectivity index is 2.21. The van der Waals surface area contributed by atoms with Crippen LogP contribution in [0.3, 0.4) is 0 Å². The minimum Gasteiger partial charge on any atom is -0.295 e. The standard InChI is InChI=1S/C14H18BrNO3S/c1-10(17)11-5-4-6-12(9-11)20(18,19)16-14-8-3-2-7-13(14)15/h4-6,9,13-14,16H,2-3,7-8H2,1H3. The van der Waals surface area contributed by atoms with E-state index in [1.165, 1.54) is 19.1 Å². The third kappa shape index (κ3) is 3.68. The fourth-order valence-electron chi connectivity index (χ4n) is 2.37. The Morgan fingerprint density at radius 1 is 1.30 bits per heavy atom. The highest BCUT2D eigenvalue weighted by molar-refractivity contribution is 9.09. The summed E-state index contributed by atoms with van der Waals surface area (Å²) in [6.07, 6.45) is 3.96. The highest BCUT2D eigenvalue weighted by atomic mass is 79.9. The van der Waals surface area contributed by atoms with Crippen LogP contribution in [-0.2, 0) is 10.0 Å². The molecule has 1 aromatic carbocycles. The first kappa shape index (κ1) is 15.7. The second kappa shape index (κ2) is 6.37. The number of hydrogen-bond acceptors (Lipinski definition) is 3. The number of carbonyl (C=O) groups is 1. The van der Waals surface area contributed by atoms with E-state index in [1.54, 1.807) is 12.1 Å². The maximum absolute atomic E-state index is 12.4. The van der Waals surface area contributed by atoms with Crippen LogP contribution in [0.25, 0.3) is 0 Å². The molecule has 6 heteroatoms. The van der Waals surface area contributed by atoms with E-state index in [9.17, 15) is 13.2 Å². The Morgan fingerprint density at radius 2 is 2.00 bits per heavy atom. The summed E-state index contributed by atoms with van der Waals surface area (Å²) in [5.41, 5.74) is 0.409. The predicted molar refractivity (Wildman–Crippen MR) is 81.7 cm³/mol. The van der Waals surface area contributed by atoms with Crippen LogP contribution >= 0.6 is 15.9 Å². The lowest BCUT2D eigenvalue weighted by atomic mass is 9.96. The zero-order valence-corrected chi connectivity index (χ0v) is 13.7. The first-order chi connectivity index (χ1) is 9.40. The molecule has 20 heavy (non-hydrogen) atoms. The summed E-state index contributed by atoms with van der Waals surface area (Å²) in [5, 5.41) is 0. The number of nitrogens with one attached hydrogen (secondary N) is 1. The summed E-state index contributed by atoms with van der Waals surface area (Å²) < 4.78 is 27.5. The molecule has 0 heterocycles. The van der Waals surface area contributed by atoms with Crippen molar-refractivity contribution in [3.05, 3.63) is 29.8 Å². The molecule has 2 rings (SSSR count). The van der Waals surface area contributed by atoms with Gasteiger partial charge in [0, 0.05) is 16.4 Å². The van der Waals surface area contributed by atoms with Gasteiger partial charge in [-0.2, -0.15) is 0 Å². The van der Waals surface area contributed by atoms with E-state index in [4.69, 9.17) is 0 Å². The van der Waals surface area contributed by atoms with Gasteiger partial charge >= 0.3 is 0 Å². The first-order valence-corrected chi connectivity index (χ1v) is 9.07. The van der Waals surface area contributed by atoms with Gasteiger partial charge in [0.1, 0.15) is 0 Å². The molecule has 0 saturated heterocycles. The summed E-state index contributed by atoms with van der Waals surface area (Å²) in [6.45, 7) is 1.43. The molecule has 1 fully saturated rings. The van der Waals surface area contributed by atoms with E-state index in [-0.39, 0.29) is 21.5 Å². The Labute approximate surface area is 128 Å². The van der Waals surface area contributed by atoms with Gasteiger partial charge in [0.2, 0.25) is 10.0 Å². The summed E-state index contributed by atoms with van der Waals surface area (Å²) in [4.78, 5) is 11.7. The number of rotatable bonds is 4. The van der Waals surface area contributed by atoms with Crippen LogP contribution in [0.1, 0.15) is 43.0 Å². The number of alkyl halides is 1. The van der Waals surface area contributed by atoms with Crippen LogP contribution in [0.5, 0.6) is 0 Å². The van der Waals surface area contributed by atoms with Crippen molar-refractivity contribution in [2.75, 3.05) is 0 Å². The van der Waals surface area contributed by atoms with Gasteiger partial charge in [0.05, 0.1) is 4.90 Å². The lowest BCUT2D eigenvalue weighted by molar-refractivity contribution is 0.101. The van der Waals surface area contributed by atoms with E-state index in [2.05, 4.69) is 20.7 Å². The summed E-state index contributed by atoms with van der Waals surface area (Å²) in [6, 6.07) is 6.07. The highest BCUT2D eigenvalue weighted by Crippen LogP contribution is 2.26. The molecular formula is C14H18BrNO3S. The van der Waals surface area contributed by atoms with Gasteiger partial charge < -0.3 is 0 Å². The van der Waals surface area contributed by atoms with Crippen molar-refractivity contribution in [3.8, 4) is 0 Å². The number of halogens is 1. The smallest absolute Gasteiger partial charge is 0.240 e. The topological polar surface area (TPSA) is 63.2 Å². The Morgan fingerprint density at radius 3 is 2.65 bits per heavy atom. The van der Waals surface area contributed by atoms with Crippen LogP contribution < -0.4 is 4.72 Å². The predicted octanol–water partition coefficient (Wildman–Crippen LogP) is 2.87. The SMILES string of the molecule is CC(=O)c1cccc(S(=O)(=O)NC2CCCCC2Br)c1. The van der Waals surface area contributed by atoms with Gasteiger partial charge in [-0.25, -0.2) is 13.1 Å². The molecule has 1 saturated carbocycles. The average Bonchev–Trinajstić information content (AvgIpc) is 2.41. The van der Waals surface area contributed by atoms with Gasteiger partial charge in [-0.15, -0.1) is 0 Å². The maximum atomic E-state index is 12.4. The van der Waals surface area contributed by atoms with Crippen molar-refractivity contribution < 1.29 is 13.2 Å². The zero-order valence-electron chi connectivity index (χ0n) is 11.3. The van der Waals surface area contributed by atoms with E-state index >= 15 is 0 Å². The molecule has 110 valence electrons. The van der Waals surface area contributed by atoms with E-state index in [1.807, 2.05) is 0 Å². The van der Waals surface area contributed by atoms with Crippen LogP contribution in [0, 0.1) is 0 Å². The molecule has 1 aromatic rings. The Hall–Kier alpha value is -0.720. The number of ketones is 1. The number of hydrogen-bond donors (Lipinski definition) is 1. The van der Waals surface area contributed by atoms with Gasteiger partial charge in [-0.1, -0.05) is 40.9 Å². The third-order valence-corrected chi connectivity index (χ3v) is 6.12. The molecule has 2 unspecified atom stereocenters. The quantitative estimate of drug-likeness (QED) is 0.663. The van der Waals surface area contributed by atoms with Gasteiger partial charge in [0.15, 0.2) is 5.78 Å². The van der Waals surface area contributed by atoms with Crippen molar-refractivity contribution >= 4 is 31.7 Å². The largest absolute Gasteiger partial charge is 0.295 e. The second-order valence-corrected chi connectivity index (χ2v) is 8.00. The molecule has 1 aliphatic carbocycles. The lowest BCUT2D eigenvalue weighted by Crippen LogP contribution is -2.42. The summed E-state index contributed by atoms with van der Waals surface area (Å²) in [5.74, 6) is -0.141. The Kier molecular flexibility index (Phi) is 4.99. The average molecular weight is 360 g/mol. The van der Waals surface area contributed by atoms with E-state index < -0.39 is 10.0 Å². The third-order valence-electron chi connectivity index (χ3n) is 3.54. The molecule has 1 N–H and O–H groups in total. The molecular weight excluding hydrogens is 342 g/mol. The van der Waals surface area contributed by atoms with E-state index in [0.717, 1.165) is 25.7 Å². The van der Waals surface area contributed by atoms with Crippen LogP contribution in [0.15, 0.2) is 29.2 Å². The molecule has 1 aliphatic rings. The highest BCUT2D eigenvalue weighted by Gasteiger charge is 2.27. The normalized spacial score (nSPS) is 23.5. The molecule has 0 radical (unpaired) electrons. The molecule has 2 atom stereocenters. The van der Waals surface area contributed by atoms with Crippen LogP contribution in [0.4, 0.5) is 0 Å². The van der Waals surface area contributed by atoms with Crippen LogP contribution in [-0.4, -0.2) is 25.1 Å². The molecule has 0 amide bonds.